The third kappa shape index (κ3) is 6.10. The molecule has 4 nitrogen and oxygen atoms in total. The first-order valence-corrected chi connectivity index (χ1v) is 9.38. The molecule has 0 amide bonds. The van der Waals surface area contributed by atoms with Crippen LogP contribution in [0.5, 0.6) is 11.5 Å². The van der Waals surface area contributed by atoms with Crippen molar-refractivity contribution in [2.75, 3.05) is 13.7 Å². The Balaban J connectivity index is 1.86. The Labute approximate surface area is 156 Å². The van der Waals surface area contributed by atoms with Gasteiger partial charge in [0.05, 0.1) is 13.7 Å². The summed E-state index contributed by atoms with van der Waals surface area (Å²) in [5.41, 5.74) is 2.19. The van der Waals surface area contributed by atoms with E-state index in [-0.39, 0.29) is 0 Å². The van der Waals surface area contributed by atoms with Crippen LogP contribution in [0.15, 0.2) is 53.7 Å². The van der Waals surface area contributed by atoms with Gasteiger partial charge in [0.1, 0.15) is 17.2 Å². The van der Waals surface area contributed by atoms with E-state index in [9.17, 15) is 5.21 Å². The van der Waals surface area contributed by atoms with Gasteiger partial charge >= 0.3 is 0 Å². The summed E-state index contributed by atoms with van der Waals surface area (Å²) in [6.07, 6.45) is 7.51. The summed E-state index contributed by atoms with van der Waals surface area (Å²) < 4.78 is 11.0. The second kappa shape index (κ2) is 11.2. The zero-order chi connectivity index (χ0) is 18.6. The molecule has 0 aliphatic heterocycles. The Morgan fingerprint density at radius 2 is 1.35 bits per heavy atom. The van der Waals surface area contributed by atoms with E-state index in [4.69, 9.17) is 9.47 Å². The predicted molar refractivity (Wildman–Crippen MR) is 106 cm³/mol. The smallest absolute Gasteiger partial charge is 0.119 e. The van der Waals surface area contributed by atoms with Gasteiger partial charge < -0.3 is 14.7 Å². The number of hydrogen-bond acceptors (Lipinski definition) is 4. The summed E-state index contributed by atoms with van der Waals surface area (Å²) in [6, 6.07) is 15.1. The molecule has 2 aromatic carbocycles. The van der Waals surface area contributed by atoms with Gasteiger partial charge in [-0.3, -0.25) is 0 Å². The van der Waals surface area contributed by atoms with Gasteiger partial charge in [0.15, 0.2) is 0 Å². The first-order chi connectivity index (χ1) is 12.8. The summed E-state index contributed by atoms with van der Waals surface area (Å²) in [5, 5.41) is 12.9. The number of benzene rings is 2. The van der Waals surface area contributed by atoms with Crippen molar-refractivity contribution in [2.45, 2.75) is 45.4 Å². The maximum Gasteiger partial charge on any atom is 0.119 e. The molecule has 0 fully saturated rings. The first kappa shape index (κ1) is 19.8. The topological polar surface area (TPSA) is 51.0 Å². The van der Waals surface area contributed by atoms with Crippen LogP contribution in [-0.2, 0) is 0 Å². The quantitative estimate of drug-likeness (QED) is 0.245. The lowest BCUT2D eigenvalue weighted by Crippen LogP contribution is -2.04. The van der Waals surface area contributed by atoms with E-state index >= 15 is 0 Å². The maximum absolute atomic E-state index is 9.42. The average molecular weight is 355 g/mol. The molecule has 1 N–H and O–H groups in total. The minimum absolute atomic E-state index is 0.523. The molecule has 0 heterocycles. The summed E-state index contributed by atoms with van der Waals surface area (Å²) >= 11 is 0. The van der Waals surface area contributed by atoms with Crippen molar-refractivity contribution in [1.29, 1.82) is 0 Å². The van der Waals surface area contributed by atoms with Gasteiger partial charge in [-0.1, -0.05) is 44.2 Å². The highest BCUT2D eigenvalue weighted by Crippen LogP contribution is 2.19. The van der Waals surface area contributed by atoms with Crippen LogP contribution in [0.2, 0.25) is 0 Å². The molecule has 2 rings (SSSR count). The molecule has 140 valence electrons. The van der Waals surface area contributed by atoms with Crippen LogP contribution < -0.4 is 9.47 Å². The Morgan fingerprint density at radius 1 is 0.808 bits per heavy atom. The Hall–Kier alpha value is -2.49. The molecular weight excluding hydrogens is 326 g/mol. The Morgan fingerprint density at radius 3 is 1.88 bits per heavy atom. The van der Waals surface area contributed by atoms with E-state index in [1.807, 2.05) is 48.5 Å². The molecule has 0 saturated carbocycles. The summed E-state index contributed by atoms with van der Waals surface area (Å²) in [4.78, 5) is 0. The van der Waals surface area contributed by atoms with Gasteiger partial charge in [-0.05, 0) is 55.0 Å². The minimum Gasteiger partial charge on any atom is -0.497 e. The molecular formula is C22H29NO3. The number of rotatable bonds is 11. The van der Waals surface area contributed by atoms with Crippen molar-refractivity contribution >= 4 is 5.71 Å². The van der Waals surface area contributed by atoms with Crippen molar-refractivity contribution in [2.24, 2.45) is 5.16 Å². The molecule has 0 saturated heterocycles. The van der Waals surface area contributed by atoms with E-state index in [1.54, 1.807) is 7.11 Å². The fraction of sp³-hybridized carbons (Fsp3) is 0.409. The van der Waals surface area contributed by atoms with E-state index < -0.39 is 0 Å². The van der Waals surface area contributed by atoms with E-state index in [0.29, 0.717) is 5.71 Å². The van der Waals surface area contributed by atoms with Crippen molar-refractivity contribution in [3.63, 3.8) is 0 Å². The van der Waals surface area contributed by atoms with Gasteiger partial charge in [-0.15, -0.1) is 0 Å². The van der Waals surface area contributed by atoms with Gasteiger partial charge in [0, 0.05) is 11.1 Å². The maximum atomic E-state index is 9.42. The fourth-order valence-corrected chi connectivity index (χ4v) is 2.81. The third-order valence-corrected chi connectivity index (χ3v) is 4.36. The van der Waals surface area contributed by atoms with Gasteiger partial charge in [-0.25, -0.2) is 0 Å². The molecule has 0 aliphatic carbocycles. The molecule has 4 heteroatoms. The summed E-state index contributed by atoms with van der Waals surface area (Å²) in [5.74, 6) is 1.61. The number of nitrogens with zero attached hydrogens (tertiary/aromatic N) is 1. The second-order valence-corrected chi connectivity index (χ2v) is 6.32. The number of methoxy groups -OCH3 is 1. The van der Waals surface area contributed by atoms with Crippen molar-refractivity contribution < 1.29 is 14.7 Å². The second-order valence-electron chi connectivity index (χ2n) is 6.32. The normalized spacial score (nSPS) is 11.4. The molecule has 2 aromatic rings. The van der Waals surface area contributed by atoms with Gasteiger partial charge in [0.25, 0.3) is 0 Å². The molecule has 0 spiro atoms. The number of ether oxygens (including phenoxy) is 2. The van der Waals surface area contributed by atoms with Crippen LogP contribution in [0.1, 0.15) is 56.6 Å². The van der Waals surface area contributed by atoms with Gasteiger partial charge in [-0.2, -0.15) is 0 Å². The van der Waals surface area contributed by atoms with Gasteiger partial charge in [0.2, 0.25) is 0 Å². The van der Waals surface area contributed by atoms with Crippen molar-refractivity contribution in [3.05, 3.63) is 59.7 Å². The highest BCUT2D eigenvalue weighted by Gasteiger charge is 2.08. The molecule has 0 aliphatic rings. The SMILES string of the molecule is CCCCCCCCOc1ccc(C(=NO)c2ccc(OC)cc2)cc1. The molecule has 0 radical (unpaired) electrons. The van der Waals surface area contributed by atoms with E-state index in [2.05, 4.69) is 12.1 Å². The molecule has 26 heavy (non-hydrogen) atoms. The number of oxime groups is 1. The lowest BCUT2D eigenvalue weighted by Gasteiger charge is -2.09. The Kier molecular flexibility index (Phi) is 8.53. The molecule has 0 aromatic heterocycles. The number of unbranched alkanes of at least 4 members (excludes halogenated alkanes) is 5. The van der Waals surface area contributed by atoms with E-state index in [0.717, 1.165) is 35.7 Å². The highest BCUT2D eigenvalue weighted by atomic mass is 16.5. The molecule has 0 unspecified atom stereocenters. The monoisotopic (exact) mass is 355 g/mol. The van der Waals surface area contributed by atoms with Crippen LogP contribution in [0, 0.1) is 0 Å². The lowest BCUT2D eigenvalue weighted by atomic mass is 10.0. The Bertz CT molecular complexity index is 663. The third-order valence-electron chi connectivity index (χ3n) is 4.36. The first-order valence-electron chi connectivity index (χ1n) is 9.38. The zero-order valence-corrected chi connectivity index (χ0v) is 15.8. The van der Waals surface area contributed by atoms with E-state index in [1.165, 1.54) is 32.1 Å². The zero-order valence-electron chi connectivity index (χ0n) is 15.8. The van der Waals surface area contributed by atoms with Crippen LogP contribution in [0.25, 0.3) is 0 Å². The fourth-order valence-electron chi connectivity index (χ4n) is 2.81. The minimum atomic E-state index is 0.523. The van der Waals surface area contributed by atoms with Crippen LogP contribution in [-0.4, -0.2) is 24.6 Å². The van der Waals surface area contributed by atoms with Crippen molar-refractivity contribution in [1.82, 2.24) is 0 Å². The largest absolute Gasteiger partial charge is 0.497 e. The van der Waals surface area contributed by atoms with Crippen molar-refractivity contribution in [3.8, 4) is 11.5 Å². The van der Waals surface area contributed by atoms with Crippen LogP contribution in [0.4, 0.5) is 0 Å². The average Bonchev–Trinajstić information content (AvgIpc) is 2.69. The molecule has 0 atom stereocenters. The summed E-state index contributed by atoms with van der Waals surface area (Å²) in [6.45, 7) is 2.97. The highest BCUT2D eigenvalue weighted by molar-refractivity contribution is 6.12. The van der Waals surface area contributed by atoms with Crippen LogP contribution in [0.3, 0.4) is 0 Å². The summed E-state index contributed by atoms with van der Waals surface area (Å²) in [7, 11) is 1.62. The van der Waals surface area contributed by atoms with Crippen LogP contribution >= 0.6 is 0 Å². The number of hydrogen-bond donors (Lipinski definition) is 1. The molecule has 0 bridgehead atoms. The predicted octanol–water partition coefficient (Wildman–Crippen LogP) is 5.66. The lowest BCUT2D eigenvalue weighted by molar-refractivity contribution is 0.304. The standard InChI is InChI=1S/C22H29NO3/c1-3-4-5-6-7-8-17-26-21-15-11-19(12-16-21)22(23-24)18-9-13-20(25-2)14-10-18/h9-16,24H,3-8,17H2,1-2H3.